The fraction of sp³-hybridized carbons (Fsp3) is 0.409. The van der Waals surface area contributed by atoms with Gasteiger partial charge in [0.2, 0.25) is 15.9 Å². The smallest absolute Gasteiger partial charge is 0.261 e. The highest BCUT2D eigenvalue weighted by atomic mass is 32.2. The van der Waals surface area contributed by atoms with E-state index in [1.807, 2.05) is 6.92 Å². The minimum atomic E-state index is -3.23. The molecule has 1 unspecified atom stereocenters. The van der Waals surface area contributed by atoms with Gasteiger partial charge >= 0.3 is 0 Å². The number of nitrogens with one attached hydrogen (secondary N) is 1. The van der Waals surface area contributed by atoms with Gasteiger partial charge in [0.25, 0.3) is 5.56 Å². The molecule has 3 aromatic rings. The molecule has 1 aliphatic rings. The lowest BCUT2D eigenvalue weighted by molar-refractivity contribution is -0.114. The zero-order valence-electron chi connectivity index (χ0n) is 19.0. The van der Waals surface area contributed by atoms with Crippen LogP contribution in [0.5, 0.6) is 0 Å². The van der Waals surface area contributed by atoms with Gasteiger partial charge in [-0.25, -0.2) is 8.42 Å². The van der Waals surface area contributed by atoms with E-state index < -0.39 is 10.0 Å². The van der Waals surface area contributed by atoms with E-state index in [9.17, 15) is 18.0 Å². The van der Waals surface area contributed by atoms with Gasteiger partial charge in [0.1, 0.15) is 11.3 Å². The van der Waals surface area contributed by atoms with E-state index in [2.05, 4.69) is 15.2 Å². The summed E-state index contributed by atoms with van der Waals surface area (Å²) in [7, 11) is -1.55. The summed E-state index contributed by atoms with van der Waals surface area (Å²) in [4.78, 5) is 30.6. The van der Waals surface area contributed by atoms with Crippen LogP contribution in [0.4, 0.5) is 5.69 Å². The van der Waals surface area contributed by atoms with Crippen molar-refractivity contribution in [2.75, 3.05) is 31.2 Å². The summed E-state index contributed by atoms with van der Waals surface area (Å²) in [6, 6.07) is 3.53. The van der Waals surface area contributed by atoms with Gasteiger partial charge in [-0.2, -0.15) is 4.31 Å². The standard InChI is InChI=1S/C22H27N5O5S/c1-14-11-27(33(4,30)31)6-5-26(14)12-18-8-19-21(32-18)20(13-25(3)22(19)29)16-7-17(10-23-9-16)24-15(2)28/h7-10,13-14H,5-6,11-12H2,1-4H3,(H,24,28). The molecule has 0 aromatic carbocycles. The van der Waals surface area contributed by atoms with Crippen LogP contribution in [0.25, 0.3) is 22.1 Å². The number of carbonyl (C=O) groups is 1. The Morgan fingerprint density at radius 3 is 2.70 bits per heavy atom. The van der Waals surface area contributed by atoms with Crippen molar-refractivity contribution in [3.63, 3.8) is 0 Å². The zero-order chi connectivity index (χ0) is 23.9. The molecule has 4 rings (SSSR count). The van der Waals surface area contributed by atoms with Crippen LogP contribution < -0.4 is 10.9 Å². The number of carbonyl (C=O) groups excluding carboxylic acids is 1. The van der Waals surface area contributed by atoms with Gasteiger partial charge in [-0.1, -0.05) is 0 Å². The van der Waals surface area contributed by atoms with E-state index in [0.29, 0.717) is 59.7 Å². The molecule has 11 heteroatoms. The fourth-order valence-corrected chi connectivity index (χ4v) is 5.04. The number of amides is 1. The van der Waals surface area contributed by atoms with Crippen molar-refractivity contribution in [1.82, 2.24) is 18.8 Å². The minimum absolute atomic E-state index is 0.00234. The number of aromatic nitrogens is 2. The molecule has 1 aliphatic heterocycles. The summed E-state index contributed by atoms with van der Waals surface area (Å²) in [5, 5.41) is 3.17. The molecule has 0 radical (unpaired) electrons. The Bertz CT molecular complexity index is 1380. The number of pyridine rings is 2. The van der Waals surface area contributed by atoms with E-state index in [1.54, 1.807) is 37.8 Å². The van der Waals surface area contributed by atoms with Gasteiger partial charge in [-0.3, -0.25) is 19.5 Å². The second kappa shape index (κ2) is 8.73. The Labute approximate surface area is 191 Å². The topological polar surface area (TPSA) is 118 Å². The van der Waals surface area contributed by atoms with Gasteiger partial charge in [-0.15, -0.1) is 0 Å². The lowest BCUT2D eigenvalue weighted by atomic mass is 10.1. The highest BCUT2D eigenvalue weighted by Crippen LogP contribution is 2.31. The molecular formula is C22H27N5O5S. The summed E-state index contributed by atoms with van der Waals surface area (Å²) in [5.41, 5.74) is 2.22. The minimum Gasteiger partial charge on any atom is -0.459 e. The number of hydrogen-bond donors (Lipinski definition) is 1. The number of fused-ring (bicyclic) bond motifs is 1. The molecule has 1 fully saturated rings. The second-order valence-electron chi connectivity index (χ2n) is 8.50. The maximum absolute atomic E-state index is 12.8. The van der Waals surface area contributed by atoms with Crippen LogP contribution in [0.3, 0.4) is 0 Å². The number of rotatable bonds is 5. The Morgan fingerprint density at radius 1 is 1.27 bits per heavy atom. The lowest BCUT2D eigenvalue weighted by Gasteiger charge is -2.38. The molecule has 1 amide bonds. The quantitative estimate of drug-likeness (QED) is 0.598. The van der Waals surface area contributed by atoms with Crippen molar-refractivity contribution in [2.45, 2.75) is 26.4 Å². The molecule has 10 nitrogen and oxygen atoms in total. The monoisotopic (exact) mass is 473 g/mol. The SMILES string of the molecule is CC(=O)Nc1cncc(-c2cn(C)c(=O)c3cc(CN4CCN(S(C)(=O)=O)CC4C)oc23)c1. The van der Waals surface area contributed by atoms with Crippen molar-refractivity contribution in [3.05, 3.63) is 46.8 Å². The van der Waals surface area contributed by atoms with Crippen LogP contribution in [0.15, 0.2) is 39.9 Å². The van der Waals surface area contributed by atoms with Crippen LogP contribution in [-0.4, -0.2) is 65.0 Å². The van der Waals surface area contributed by atoms with Gasteiger partial charge in [0, 0.05) is 63.2 Å². The van der Waals surface area contributed by atoms with Gasteiger partial charge in [0.05, 0.1) is 30.1 Å². The number of furan rings is 1. The summed E-state index contributed by atoms with van der Waals surface area (Å²) in [6.07, 6.45) is 6.12. The molecular weight excluding hydrogens is 446 g/mol. The molecule has 1 saturated heterocycles. The third kappa shape index (κ3) is 4.85. The predicted octanol–water partition coefficient (Wildman–Crippen LogP) is 1.62. The number of sulfonamides is 1. The first kappa shape index (κ1) is 23.1. The molecule has 0 bridgehead atoms. The molecule has 0 spiro atoms. The number of aryl methyl sites for hydroxylation is 1. The van der Waals surface area contributed by atoms with Crippen molar-refractivity contribution in [1.29, 1.82) is 0 Å². The molecule has 176 valence electrons. The van der Waals surface area contributed by atoms with Gasteiger partial charge < -0.3 is 14.3 Å². The third-order valence-corrected chi connectivity index (χ3v) is 7.10. The van der Waals surface area contributed by atoms with Crippen molar-refractivity contribution < 1.29 is 17.6 Å². The fourth-order valence-electron chi connectivity index (χ4n) is 4.14. The van der Waals surface area contributed by atoms with Gasteiger partial charge in [0.15, 0.2) is 0 Å². The largest absolute Gasteiger partial charge is 0.459 e. The average molecular weight is 474 g/mol. The summed E-state index contributed by atoms with van der Waals surface area (Å²) in [5.74, 6) is 0.421. The van der Waals surface area contributed by atoms with Crippen LogP contribution in [0, 0.1) is 0 Å². The van der Waals surface area contributed by atoms with Crippen molar-refractivity contribution in [2.24, 2.45) is 7.05 Å². The molecule has 1 N–H and O–H groups in total. The first-order valence-electron chi connectivity index (χ1n) is 10.6. The Morgan fingerprint density at radius 2 is 2.03 bits per heavy atom. The van der Waals surface area contributed by atoms with Crippen LogP contribution in [0.1, 0.15) is 19.6 Å². The molecule has 1 atom stereocenters. The Hall–Kier alpha value is -3.02. The molecule has 33 heavy (non-hydrogen) atoms. The third-order valence-electron chi connectivity index (χ3n) is 5.83. The first-order chi connectivity index (χ1) is 15.5. The summed E-state index contributed by atoms with van der Waals surface area (Å²) in [6.45, 7) is 5.25. The number of anilines is 1. The highest BCUT2D eigenvalue weighted by molar-refractivity contribution is 7.88. The summed E-state index contributed by atoms with van der Waals surface area (Å²) < 4.78 is 32.9. The maximum atomic E-state index is 12.8. The Balaban J connectivity index is 1.68. The van der Waals surface area contributed by atoms with Crippen LogP contribution in [-0.2, 0) is 28.4 Å². The van der Waals surface area contributed by atoms with Gasteiger partial charge in [-0.05, 0) is 19.1 Å². The van der Waals surface area contributed by atoms with Crippen LogP contribution in [0.2, 0.25) is 0 Å². The first-order valence-corrected chi connectivity index (χ1v) is 12.4. The second-order valence-corrected chi connectivity index (χ2v) is 10.5. The van der Waals surface area contributed by atoms with Crippen LogP contribution >= 0.6 is 0 Å². The van der Waals surface area contributed by atoms with E-state index in [0.717, 1.165) is 0 Å². The zero-order valence-corrected chi connectivity index (χ0v) is 19.8. The lowest BCUT2D eigenvalue weighted by Crippen LogP contribution is -2.52. The van der Waals surface area contributed by atoms with Crippen molar-refractivity contribution in [3.8, 4) is 11.1 Å². The average Bonchev–Trinajstić information content (AvgIpc) is 3.15. The molecule has 4 heterocycles. The maximum Gasteiger partial charge on any atom is 0.261 e. The highest BCUT2D eigenvalue weighted by Gasteiger charge is 2.29. The normalized spacial score (nSPS) is 18.0. The summed E-state index contributed by atoms with van der Waals surface area (Å²) >= 11 is 0. The molecule has 3 aromatic heterocycles. The van der Waals surface area contributed by atoms with E-state index in [-0.39, 0.29) is 17.5 Å². The predicted molar refractivity (Wildman–Crippen MR) is 125 cm³/mol. The number of hydrogen-bond acceptors (Lipinski definition) is 7. The number of piperazine rings is 1. The van der Waals surface area contributed by atoms with E-state index in [4.69, 9.17) is 4.42 Å². The Kier molecular flexibility index (Phi) is 6.12. The van der Waals surface area contributed by atoms with Crippen molar-refractivity contribution >= 4 is 32.6 Å². The number of nitrogens with zero attached hydrogens (tertiary/aromatic N) is 4. The molecule has 0 saturated carbocycles. The van der Waals surface area contributed by atoms with E-state index in [1.165, 1.54) is 22.1 Å². The molecule has 0 aliphatic carbocycles. The van der Waals surface area contributed by atoms with E-state index >= 15 is 0 Å².